The lowest BCUT2D eigenvalue weighted by molar-refractivity contribution is -0.131. The Morgan fingerprint density at radius 1 is 1.43 bits per heavy atom. The van der Waals surface area contributed by atoms with Gasteiger partial charge in [-0.1, -0.05) is 0 Å². The van der Waals surface area contributed by atoms with E-state index in [0.717, 1.165) is 38.9 Å². The normalized spacial score (nSPS) is 24.1. The highest BCUT2D eigenvalue weighted by Gasteiger charge is 2.31. The maximum atomic E-state index is 12.4. The van der Waals surface area contributed by atoms with Crippen LogP contribution in [0.5, 0.6) is 0 Å². The average Bonchev–Trinajstić information content (AvgIpc) is 3.16. The number of carbonyl (C=O) groups is 1. The van der Waals surface area contributed by atoms with Crippen molar-refractivity contribution in [3.63, 3.8) is 0 Å². The highest BCUT2D eigenvalue weighted by Crippen LogP contribution is 2.34. The van der Waals surface area contributed by atoms with E-state index in [1.165, 1.54) is 10.4 Å². The molecule has 2 atom stereocenters. The van der Waals surface area contributed by atoms with Crippen molar-refractivity contribution in [3.8, 4) is 0 Å². The first kappa shape index (κ1) is 15.0. The van der Waals surface area contributed by atoms with Gasteiger partial charge < -0.3 is 10.6 Å². The number of nitrogens with zero attached hydrogens (tertiary/aromatic N) is 2. The highest BCUT2D eigenvalue weighted by molar-refractivity contribution is 7.10. The summed E-state index contributed by atoms with van der Waals surface area (Å²) in [6.45, 7) is 5.68. The van der Waals surface area contributed by atoms with Gasteiger partial charge in [-0.3, -0.25) is 9.69 Å². The minimum atomic E-state index is 0.168. The van der Waals surface area contributed by atoms with Crippen molar-refractivity contribution in [2.75, 3.05) is 26.2 Å². The first-order chi connectivity index (χ1) is 10.2. The van der Waals surface area contributed by atoms with Crippen molar-refractivity contribution >= 4 is 17.2 Å². The second kappa shape index (κ2) is 6.46. The molecular formula is C16H25N3OS. The molecule has 21 heavy (non-hydrogen) atoms. The average molecular weight is 307 g/mol. The molecule has 2 unspecified atom stereocenters. The highest BCUT2D eigenvalue weighted by atomic mass is 32.1. The summed E-state index contributed by atoms with van der Waals surface area (Å²) in [5, 5.41) is 2.18. The van der Waals surface area contributed by atoms with Gasteiger partial charge in [-0.15, -0.1) is 11.3 Å². The Kier molecular flexibility index (Phi) is 4.62. The predicted molar refractivity (Wildman–Crippen MR) is 86.4 cm³/mol. The van der Waals surface area contributed by atoms with Gasteiger partial charge in [-0.2, -0.15) is 0 Å². The minimum Gasteiger partial charge on any atom is -0.343 e. The maximum Gasteiger partial charge on any atom is 0.224 e. The molecular weight excluding hydrogens is 282 g/mol. The second-order valence-corrected chi connectivity index (χ2v) is 7.15. The van der Waals surface area contributed by atoms with Gasteiger partial charge in [0.1, 0.15) is 0 Å². The van der Waals surface area contributed by atoms with Crippen molar-refractivity contribution in [2.24, 2.45) is 5.73 Å². The molecule has 0 saturated carbocycles. The maximum absolute atomic E-state index is 12.4. The number of nitrogens with two attached hydrogens (primary N) is 1. The van der Waals surface area contributed by atoms with Crippen LogP contribution in [0, 0.1) is 0 Å². The van der Waals surface area contributed by atoms with Crippen molar-refractivity contribution < 1.29 is 4.79 Å². The standard InChI is InChI=1S/C16H25N3OS/c1-12-14-5-9-21-15(14)4-8-19(12)13(11-17)10-16(20)18-6-2-3-7-18/h5,9,12-13H,2-4,6-8,10-11,17H2,1H3. The molecule has 2 N–H and O–H groups in total. The summed E-state index contributed by atoms with van der Waals surface area (Å²) >= 11 is 1.85. The van der Waals surface area contributed by atoms with Crippen LogP contribution in [0.3, 0.4) is 0 Å². The molecule has 3 heterocycles. The summed E-state index contributed by atoms with van der Waals surface area (Å²) in [7, 11) is 0. The van der Waals surface area contributed by atoms with E-state index in [0.29, 0.717) is 19.0 Å². The quantitative estimate of drug-likeness (QED) is 0.926. The van der Waals surface area contributed by atoms with Crippen LogP contribution in [0.4, 0.5) is 0 Å². The molecule has 0 aromatic carbocycles. The summed E-state index contributed by atoms with van der Waals surface area (Å²) in [4.78, 5) is 18.3. The van der Waals surface area contributed by atoms with E-state index in [1.807, 2.05) is 16.2 Å². The lowest BCUT2D eigenvalue weighted by Gasteiger charge is -2.39. The van der Waals surface area contributed by atoms with Gasteiger partial charge in [0.05, 0.1) is 0 Å². The molecule has 1 aromatic heterocycles. The van der Waals surface area contributed by atoms with Gasteiger partial charge in [0, 0.05) is 49.6 Å². The Labute approximate surface area is 130 Å². The van der Waals surface area contributed by atoms with E-state index in [4.69, 9.17) is 5.73 Å². The Balaban J connectivity index is 1.67. The molecule has 0 radical (unpaired) electrons. The molecule has 1 aromatic rings. The van der Waals surface area contributed by atoms with E-state index in [-0.39, 0.29) is 11.9 Å². The third kappa shape index (κ3) is 3.00. The number of thiophene rings is 1. The van der Waals surface area contributed by atoms with Crippen LogP contribution in [0.2, 0.25) is 0 Å². The number of hydrogen-bond donors (Lipinski definition) is 1. The third-order valence-corrected chi connectivity index (χ3v) is 5.93. The molecule has 1 amide bonds. The molecule has 116 valence electrons. The SMILES string of the molecule is CC1c2ccsc2CCN1C(CN)CC(=O)N1CCCC1. The number of fused-ring (bicyclic) bond motifs is 1. The number of rotatable bonds is 4. The van der Waals surface area contributed by atoms with Gasteiger partial charge >= 0.3 is 0 Å². The van der Waals surface area contributed by atoms with Crippen LogP contribution in [0.15, 0.2) is 11.4 Å². The number of amides is 1. The van der Waals surface area contributed by atoms with Crippen LogP contribution in [-0.2, 0) is 11.2 Å². The van der Waals surface area contributed by atoms with Crippen molar-refractivity contribution in [2.45, 2.75) is 44.7 Å². The molecule has 5 heteroatoms. The fourth-order valence-electron chi connectivity index (χ4n) is 3.66. The lowest BCUT2D eigenvalue weighted by Crippen LogP contribution is -2.47. The molecule has 3 rings (SSSR count). The summed E-state index contributed by atoms with van der Waals surface area (Å²) in [5.74, 6) is 0.284. The lowest BCUT2D eigenvalue weighted by atomic mass is 9.98. The van der Waals surface area contributed by atoms with E-state index in [2.05, 4.69) is 23.3 Å². The predicted octanol–water partition coefficient (Wildman–Crippen LogP) is 2.01. The zero-order valence-corrected chi connectivity index (χ0v) is 13.6. The Bertz CT molecular complexity index is 495. The number of carbonyl (C=O) groups excluding carboxylic acids is 1. The Hall–Kier alpha value is -0.910. The van der Waals surface area contributed by atoms with Gasteiger partial charge in [0.15, 0.2) is 0 Å². The van der Waals surface area contributed by atoms with Crippen molar-refractivity contribution in [1.82, 2.24) is 9.80 Å². The molecule has 4 nitrogen and oxygen atoms in total. The van der Waals surface area contributed by atoms with Crippen LogP contribution in [0.25, 0.3) is 0 Å². The second-order valence-electron chi connectivity index (χ2n) is 6.14. The van der Waals surface area contributed by atoms with Crippen LogP contribution in [0.1, 0.15) is 42.7 Å². The largest absolute Gasteiger partial charge is 0.343 e. The van der Waals surface area contributed by atoms with Gasteiger partial charge in [-0.05, 0) is 43.2 Å². The molecule has 0 bridgehead atoms. The molecule has 1 fully saturated rings. The first-order valence-electron chi connectivity index (χ1n) is 8.00. The van der Waals surface area contributed by atoms with Gasteiger partial charge in [0.25, 0.3) is 0 Å². The van der Waals surface area contributed by atoms with Crippen molar-refractivity contribution in [1.29, 1.82) is 0 Å². The topological polar surface area (TPSA) is 49.6 Å². The minimum absolute atomic E-state index is 0.168. The summed E-state index contributed by atoms with van der Waals surface area (Å²) in [5.41, 5.74) is 7.43. The molecule has 1 saturated heterocycles. The fourth-order valence-corrected chi connectivity index (χ4v) is 4.62. The Morgan fingerprint density at radius 3 is 2.90 bits per heavy atom. The molecule has 0 spiro atoms. The van der Waals surface area contributed by atoms with Gasteiger partial charge in [0.2, 0.25) is 5.91 Å². The fraction of sp³-hybridized carbons (Fsp3) is 0.688. The number of hydrogen-bond acceptors (Lipinski definition) is 4. The summed E-state index contributed by atoms with van der Waals surface area (Å²) < 4.78 is 0. The molecule has 2 aliphatic rings. The van der Waals surface area contributed by atoms with E-state index >= 15 is 0 Å². The summed E-state index contributed by atoms with van der Waals surface area (Å²) in [6, 6.07) is 2.77. The van der Waals surface area contributed by atoms with Crippen LogP contribution in [-0.4, -0.2) is 47.9 Å². The van der Waals surface area contributed by atoms with E-state index in [1.54, 1.807) is 0 Å². The molecule has 0 aliphatic carbocycles. The summed E-state index contributed by atoms with van der Waals surface area (Å²) in [6.07, 6.45) is 3.96. The van der Waals surface area contributed by atoms with Crippen LogP contribution < -0.4 is 5.73 Å². The van der Waals surface area contributed by atoms with E-state index < -0.39 is 0 Å². The zero-order valence-electron chi connectivity index (χ0n) is 12.8. The first-order valence-corrected chi connectivity index (χ1v) is 8.88. The van der Waals surface area contributed by atoms with Crippen LogP contribution >= 0.6 is 11.3 Å². The number of likely N-dealkylation sites (tertiary alicyclic amines) is 1. The Morgan fingerprint density at radius 2 is 2.19 bits per heavy atom. The molecule has 2 aliphatic heterocycles. The van der Waals surface area contributed by atoms with Crippen molar-refractivity contribution in [3.05, 3.63) is 21.9 Å². The smallest absolute Gasteiger partial charge is 0.224 e. The zero-order chi connectivity index (χ0) is 14.8. The third-order valence-electron chi connectivity index (χ3n) is 4.93. The van der Waals surface area contributed by atoms with E-state index in [9.17, 15) is 4.79 Å². The van der Waals surface area contributed by atoms with Gasteiger partial charge in [-0.25, -0.2) is 0 Å². The monoisotopic (exact) mass is 307 g/mol.